The number of nitrogens with two attached hydrogens (primary N) is 1. The molecule has 0 aromatic heterocycles. The van der Waals surface area contributed by atoms with Crippen LogP contribution >= 0.6 is 11.6 Å². The molecule has 9 heteroatoms. The minimum absolute atomic E-state index is 0.0951. The molecular formula is C24H22ClN3O5. The maximum Gasteiger partial charge on any atom is 0.291 e. The lowest BCUT2D eigenvalue weighted by Gasteiger charge is -2.26. The normalized spacial score (nSPS) is 27.8. The number of fused-ring (bicyclic) bond motifs is 4. The maximum absolute atomic E-state index is 13.7. The number of aryl methyl sites for hydroxylation is 1. The van der Waals surface area contributed by atoms with Crippen molar-refractivity contribution in [3.63, 3.8) is 0 Å². The van der Waals surface area contributed by atoms with E-state index in [-0.39, 0.29) is 25.3 Å². The van der Waals surface area contributed by atoms with Gasteiger partial charge in [-0.2, -0.15) is 0 Å². The third kappa shape index (κ3) is 3.16. The third-order valence-electron chi connectivity index (χ3n) is 7.03. The molecule has 2 saturated heterocycles. The fraction of sp³-hybridized carbons (Fsp3) is 0.333. The smallest absolute Gasteiger partial charge is 0.291 e. The molecule has 3 aliphatic heterocycles. The molecule has 2 aromatic carbocycles. The Bertz CT molecular complexity index is 1200. The summed E-state index contributed by atoms with van der Waals surface area (Å²) in [7, 11) is 0. The molecule has 3 aliphatic rings. The zero-order valence-electron chi connectivity index (χ0n) is 17.8. The molecule has 2 aromatic rings. The van der Waals surface area contributed by atoms with Gasteiger partial charge in [0.1, 0.15) is 17.9 Å². The lowest BCUT2D eigenvalue weighted by atomic mass is 9.76. The first-order valence-electron chi connectivity index (χ1n) is 10.8. The summed E-state index contributed by atoms with van der Waals surface area (Å²) in [4.78, 5) is 53.1. The van der Waals surface area contributed by atoms with Gasteiger partial charge in [0, 0.05) is 18.0 Å². The van der Waals surface area contributed by atoms with Gasteiger partial charge in [-0.1, -0.05) is 41.9 Å². The average Bonchev–Trinajstić information content (AvgIpc) is 3.35. The number of halogens is 1. The van der Waals surface area contributed by atoms with E-state index in [0.29, 0.717) is 16.3 Å². The molecule has 0 unspecified atom stereocenters. The average molecular weight is 468 g/mol. The fourth-order valence-corrected chi connectivity index (χ4v) is 6.01. The lowest BCUT2D eigenvalue weighted by molar-refractivity contribution is -0.734. The van der Waals surface area contributed by atoms with Crippen molar-refractivity contribution >= 4 is 41.0 Å². The summed E-state index contributed by atoms with van der Waals surface area (Å²) in [6.07, 6.45) is -0.171. The Morgan fingerprint density at radius 3 is 2.61 bits per heavy atom. The summed E-state index contributed by atoms with van der Waals surface area (Å²) < 4.78 is 0. The van der Waals surface area contributed by atoms with Crippen LogP contribution in [0, 0.1) is 18.8 Å². The summed E-state index contributed by atoms with van der Waals surface area (Å²) in [6, 6.07) is 12.1. The number of carboxylic acids is 1. The van der Waals surface area contributed by atoms with Crippen LogP contribution in [0.5, 0.6) is 0 Å². The van der Waals surface area contributed by atoms with E-state index >= 15 is 0 Å². The van der Waals surface area contributed by atoms with Crippen LogP contribution in [0.1, 0.15) is 29.5 Å². The Labute approximate surface area is 194 Å². The number of hydrogen-bond donors (Lipinski definition) is 2. The fourth-order valence-electron chi connectivity index (χ4n) is 5.68. The molecule has 3 N–H and O–H groups in total. The van der Waals surface area contributed by atoms with E-state index in [2.05, 4.69) is 5.32 Å². The monoisotopic (exact) mass is 467 g/mol. The first-order chi connectivity index (χ1) is 15.7. The van der Waals surface area contributed by atoms with Crippen LogP contribution in [0.25, 0.3) is 0 Å². The van der Waals surface area contributed by atoms with Crippen molar-refractivity contribution in [3.8, 4) is 0 Å². The van der Waals surface area contributed by atoms with Gasteiger partial charge in [-0.3, -0.25) is 19.3 Å². The van der Waals surface area contributed by atoms with E-state index in [1.807, 2.05) is 43.3 Å². The predicted octanol–water partition coefficient (Wildman–Crippen LogP) is 0.0729. The molecule has 170 valence electrons. The number of nitrogens with one attached hydrogen (secondary N) is 1. The highest BCUT2D eigenvalue weighted by Gasteiger charge is 2.74. The summed E-state index contributed by atoms with van der Waals surface area (Å²) in [5.74, 6) is -4.25. The number of rotatable bonds is 5. The second-order valence-corrected chi connectivity index (χ2v) is 9.39. The van der Waals surface area contributed by atoms with Crippen LogP contribution in [-0.4, -0.2) is 34.6 Å². The Morgan fingerprint density at radius 1 is 1.18 bits per heavy atom. The molecule has 0 saturated carbocycles. The Hall–Kier alpha value is -3.23. The Kier molecular flexibility index (Phi) is 5.02. The SMILES string of the molecule is Cc1cc(Cl)c2c(c1)[C@@]1([NH2+][C@H](CCC(=O)[O-])[C@H]3C(=O)N(Cc4ccccc4)C(=O)[C@H]31)C(=O)N2. The standard InChI is InChI=1S/C24H22ClN3O5/c1-12-9-14-20(15(25)10-12)26-23(33)24(14)19-18(16(27-24)7-8-17(29)30)21(31)28(22(19)32)11-13-5-3-2-4-6-13/h2-6,9-10,16,18-19,27H,7-8,11H2,1H3,(H,26,33)(H,29,30)/t16-,18-,19+,24+/m1/s1. The van der Waals surface area contributed by atoms with E-state index in [1.165, 1.54) is 4.90 Å². The van der Waals surface area contributed by atoms with Gasteiger partial charge in [-0.15, -0.1) is 0 Å². The second-order valence-electron chi connectivity index (χ2n) is 8.99. The molecule has 0 radical (unpaired) electrons. The van der Waals surface area contributed by atoms with Crippen LogP contribution in [0.3, 0.4) is 0 Å². The topological polar surface area (TPSA) is 123 Å². The van der Waals surface area contributed by atoms with Crippen molar-refractivity contribution in [2.75, 3.05) is 5.32 Å². The van der Waals surface area contributed by atoms with Gasteiger partial charge in [0.05, 0.1) is 17.3 Å². The van der Waals surface area contributed by atoms with Crippen molar-refractivity contribution < 1.29 is 29.6 Å². The zero-order valence-corrected chi connectivity index (χ0v) is 18.6. The van der Waals surface area contributed by atoms with E-state index in [1.54, 1.807) is 11.4 Å². The molecule has 0 bridgehead atoms. The van der Waals surface area contributed by atoms with Gasteiger partial charge in [-0.25, -0.2) is 0 Å². The highest BCUT2D eigenvalue weighted by molar-refractivity contribution is 6.35. The lowest BCUT2D eigenvalue weighted by Crippen LogP contribution is -2.99. The molecule has 33 heavy (non-hydrogen) atoms. The van der Waals surface area contributed by atoms with Crippen LogP contribution in [-0.2, 0) is 31.3 Å². The third-order valence-corrected chi connectivity index (χ3v) is 7.33. The van der Waals surface area contributed by atoms with Crippen molar-refractivity contribution in [2.45, 2.75) is 37.9 Å². The van der Waals surface area contributed by atoms with Crippen LogP contribution in [0.15, 0.2) is 42.5 Å². The van der Waals surface area contributed by atoms with Crippen molar-refractivity contribution in [1.82, 2.24) is 4.90 Å². The molecule has 3 amide bonds. The second kappa shape index (κ2) is 7.67. The number of imide groups is 1. The van der Waals surface area contributed by atoms with Crippen LogP contribution < -0.4 is 15.7 Å². The van der Waals surface area contributed by atoms with Gasteiger partial charge >= 0.3 is 0 Å². The number of anilines is 1. The minimum atomic E-state index is -1.38. The van der Waals surface area contributed by atoms with Gasteiger partial charge < -0.3 is 20.5 Å². The van der Waals surface area contributed by atoms with Crippen molar-refractivity contribution in [3.05, 3.63) is 64.2 Å². The van der Waals surface area contributed by atoms with Crippen LogP contribution in [0.2, 0.25) is 5.02 Å². The van der Waals surface area contributed by atoms with Crippen molar-refractivity contribution in [1.29, 1.82) is 0 Å². The van der Waals surface area contributed by atoms with E-state index in [4.69, 9.17) is 11.6 Å². The molecule has 1 spiro atoms. The zero-order chi connectivity index (χ0) is 23.5. The number of likely N-dealkylation sites (tertiary alicyclic amines) is 1. The number of carboxylic acid groups (broad SMARTS) is 1. The van der Waals surface area contributed by atoms with E-state index in [9.17, 15) is 24.3 Å². The maximum atomic E-state index is 13.7. The quantitative estimate of drug-likeness (QED) is 0.602. The number of quaternary nitrogens is 1. The Morgan fingerprint density at radius 2 is 1.91 bits per heavy atom. The van der Waals surface area contributed by atoms with Gasteiger partial charge in [-0.05, 0) is 36.6 Å². The molecule has 5 rings (SSSR count). The summed E-state index contributed by atoms with van der Waals surface area (Å²) >= 11 is 6.41. The Balaban J connectivity index is 1.62. The number of aliphatic carboxylic acids is 1. The predicted molar refractivity (Wildman–Crippen MR) is 115 cm³/mol. The van der Waals surface area contributed by atoms with Crippen LogP contribution in [0.4, 0.5) is 5.69 Å². The molecular weight excluding hydrogens is 446 g/mol. The molecule has 4 atom stereocenters. The van der Waals surface area contributed by atoms with E-state index in [0.717, 1.165) is 11.1 Å². The number of nitrogens with zero attached hydrogens (tertiary/aromatic N) is 1. The van der Waals surface area contributed by atoms with Gasteiger partial charge in [0.25, 0.3) is 5.91 Å². The number of amides is 3. The van der Waals surface area contributed by atoms with Gasteiger partial charge in [0.2, 0.25) is 17.4 Å². The summed E-state index contributed by atoms with van der Waals surface area (Å²) in [5, 5.41) is 16.1. The molecule has 8 nitrogen and oxygen atoms in total. The molecule has 2 fully saturated rings. The highest BCUT2D eigenvalue weighted by atomic mass is 35.5. The van der Waals surface area contributed by atoms with Gasteiger partial charge in [0.15, 0.2) is 0 Å². The number of benzene rings is 2. The first kappa shape index (κ1) is 21.6. The summed E-state index contributed by atoms with van der Waals surface area (Å²) in [6.45, 7) is 1.93. The number of carbonyl (C=O) groups excluding carboxylic acids is 4. The first-order valence-corrected chi connectivity index (χ1v) is 11.2. The molecule has 0 aliphatic carbocycles. The van der Waals surface area contributed by atoms with E-state index < -0.39 is 41.2 Å². The number of carbonyl (C=O) groups is 4. The summed E-state index contributed by atoms with van der Waals surface area (Å²) in [5.41, 5.74) is 1.22. The molecule has 3 heterocycles. The minimum Gasteiger partial charge on any atom is -0.550 e. The highest BCUT2D eigenvalue weighted by Crippen LogP contribution is 2.51. The number of hydrogen-bond acceptors (Lipinski definition) is 5. The largest absolute Gasteiger partial charge is 0.550 e. The van der Waals surface area contributed by atoms with Crippen molar-refractivity contribution in [2.24, 2.45) is 11.8 Å².